The van der Waals surface area contributed by atoms with E-state index >= 15 is 0 Å². The molecule has 0 amide bonds. The molecule has 0 aliphatic carbocycles. The predicted molar refractivity (Wildman–Crippen MR) is 60.0 cm³/mol. The maximum atomic E-state index is 5.57. The van der Waals surface area contributed by atoms with Crippen LogP contribution in [-0.4, -0.2) is 11.7 Å². The topological polar surface area (TPSA) is 12.5 Å². The van der Waals surface area contributed by atoms with Gasteiger partial charge in [0.15, 0.2) is 5.60 Å². The van der Waals surface area contributed by atoms with Gasteiger partial charge in [-0.05, 0) is 26.2 Å². The molecule has 0 aromatic heterocycles. The zero-order valence-corrected chi connectivity index (χ0v) is 9.31. The Morgan fingerprint density at radius 1 is 1.57 bits per heavy atom. The van der Waals surface area contributed by atoms with E-state index in [2.05, 4.69) is 32.3 Å². The second-order valence-corrected chi connectivity index (χ2v) is 3.98. The fraction of sp³-hybridized carbons (Fsp3) is 0.692. The third-order valence-electron chi connectivity index (χ3n) is 2.57. The quantitative estimate of drug-likeness (QED) is 0.282. The highest BCUT2D eigenvalue weighted by atomic mass is 16.6. The maximum absolute atomic E-state index is 5.57. The zero-order chi connectivity index (χ0) is 10.4. The van der Waals surface area contributed by atoms with Gasteiger partial charge in [0, 0.05) is 6.42 Å². The normalized spacial score (nSPS) is 29.1. The largest absolute Gasteiger partial charge is 0.353 e. The Bertz CT molecular complexity index is 246. The van der Waals surface area contributed by atoms with E-state index < -0.39 is 0 Å². The summed E-state index contributed by atoms with van der Waals surface area (Å²) in [5, 5.41) is 0. The maximum Gasteiger partial charge on any atom is 0.152 e. The van der Waals surface area contributed by atoms with E-state index in [0.29, 0.717) is 6.10 Å². The molecule has 1 aliphatic rings. The summed E-state index contributed by atoms with van der Waals surface area (Å²) in [5.41, 5.74) is -0.142. The predicted octanol–water partition coefficient (Wildman–Crippen LogP) is 3.30. The molecule has 0 bridgehead atoms. The van der Waals surface area contributed by atoms with Crippen LogP contribution in [-0.2, 0) is 4.74 Å². The molecule has 0 N–H and O–H groups in total. The van der Waals surface area contributed by atoms with Crippen LogP contribution >= 0.6 is 0 Å². The van der Waals surface area contributed by atoms with Gasteiger partial charge < -0.3 is 4.74 Å². The Morgan fingerprint density at radius 2 is 2.36 bits per heavy atom. The Hall–Kier alpha value is -0.740. The van der Waals surface area contributed by atoms with Crippen LogP contribution in [0.25, 0.3) is 0 Å². The van der Waals surface area contributed by atoms with Crippen LogP contribution in [0.1, 0.15) is 46.0 Å². The van der Waals surface area contributed by atoms with Crippen LogP contribution in [0.5, 0.6) is 0 Å². The SMILES string of the molecule is C=CCC[C@@H]1O[C@]1(C)C#CCCCC. The van der Waals surface area contributed by atoms with E-state index in [0.717, 1.165) is 19.3 Å². The minimum absolute atomic E-state index is 0.142. The summed E-state index contributed by atoms with van der Waals surface area (Å²) >= 11 is 0. The first-order chi connectivity index (χ1) is 6.73. The van der Waals surface area contributed by atoms with E-state index in [9.17, 15) is 0 Å². The summed E-state index contributed by atoms with van der Waals surface area (Å²) < 4.78 is 5.57. The van der Waals surface area contributed by atoms with Gasteiger partial charge in [0.2, 0.25) is 0 Å². The van der Waals surface area contributed by atoms with Crippen molar-refractivity contribution in [1.29, 1.82) is 0 Å². The summed E-state index contributed by atoms with van der Waals surface area (Å²) in [6.45, 7) is 7.97. The average Bonchev–Trinajstić information content (AvgIpc) is 2.82. The monoisotopic (exact) mass is 192 g/mol. The highest BCUT2D eigenvalue weighted by molar-refractivity contribution is 5.23. The van der Waals surface area contributed by atoms with Gasteiger partial charge in [-0.2, -0.15) is 0 Å². The molecular formula is C13H20O. The number of epoxide rings is 1. The molecule has 78 valence electrons. The molecular weight excluding hydrogens is 172 g/mol. The smallest absolute Gasteiger partial charge is 0.152 e. The van der Waals surface area contributed by atoms with Crippen molar-refractivity contribution in [2.75, 3.05) is 0 Å². The number of hydrogen-bond acceptors (Lipinski definition) is 1. The van der Waals surface area contributed by atoms with Gasteiger partial charge in [0.05, 0.1) is 6.10 Å². The highest BCUT2D eigenvalue weighted by Crippen LogP contribution is 2.38. The van der Waals surface area contributed by atoms with E-state index in [-0.39, 0.29) is 5.60 Å². The van der Waals surface area contributed by atoms with Crippen LogP contribution in [0.4, 0.5) is 0 Å². The number of unbranched alkanes of at least 4 members (excludes halogenated alkanes) is 2. The molecule has 1 heterocycles. The van der Waals surface area contributed by atoms with Crippen LogP contribution in [0.2, 0.25) is 0 Å². The van der Waals surface area contributed by atoms with Crippen molar-refractivity contribution in [1.82, 2.24) is 0 Å². The number of hydrogen-bond donors (Lipinski definition) is 0. The second kappa shape index (κ2) is 5.22. The zero-order valence-electron chi connectivity index (χ0n) is 9.31. The summed E-state index contributed by atoms with van der Waals surface area (Å²) in [7, 11) is 0. The lowest BCUT2D eigenvalue weighted by Crippen LogP contribution is -2.05. The lowest BCUT2D eigenvalue weighted by atomic mass is 10.0. The molecule has 0 saturated carbocycles. The van der Waals surface area contributed by atoms with Gasteiger partial charge >= 0.3 is 0 Å². The number of ether oxygens (including phenoxy) is 1. The average molecular weight is 192 g/mol. The molecule has 1 fully saturated rings. The van der Waals surface area contributed by atoms with Crippen molar-refractivity contribution < 1.29 is 4.74 Å². The van der Waals surface area contributed by atoms with Gasteiger partial charge in [-0.1, -0.05) is 25.3 Å². The fourth-order valence-corrected chi connectivity index (χ4v) is 1.48. The van der Waals surface area contributed by atoms with Gasteiger partial charge in [0.1, 0.15) is 0 Å². The molecule has 0 aromatic carbocycles. The summed E-state index contributed by atoms with van der Waals surface area (Å²) in [6, 6.07) is 0. The molecule has 1 aliphatic heterocycles. The molecule has 1 saturated heterocycles. The summed E-state index contributed by atoms with van der Waals surface area (Å²) in [5.74, 6) is 6.41. The second-order valence-electron chi connectivity index (χ2n) is 3.98. The van der Waals surface area contributed by atoms with Crippen molar-refractivity contribution in [2.24, 2.45) is 0 Å². The Labute approximate surface area is 87.5 Å². The summed E-state index contributed by atoms with van der Waals surface area (Å²) in [6.07, 6.45) is 7.77. The Morgan fingerprint density at radius 3 is 3.00 bits per heavy atom. The van der Waals surface area contributed by atoms with Gasteiger partial charge in [-0.25, -0.2) is 0 Å². The highest BCUT2D eigenvalue weighted by Gasteiger charge is 2.50. The molecule has 0 unspecified atom stereocenters. The fourth-order valence-electron chi connectivity index (χ4n) is 1.48. The van der Waals surface area contributed by atoms with E-state index in [4.69, 9.17) is 4.74 Å². The Kier molecular flexibility index (Phi) is 4.22. The van der Waals surface area contributed by atoms with Crippen molar-refractivity contribution in [3.8, 4) is 11.8 Å². The van der Waals surface area contributed by atoms with Crippen LogP contribution < -0.4 is 0 Å². The molecule has 14 heavy (non-hydrogen) atoms. The molecule has 1 rings (SSSR count). The number of allylic oxidation sites excluding steroid dienone is 1. The lowest BCUT2D eigenvalue weighted by Gasteiger charge is -1.93. The minimum Gasteiger partial charge on any atom is -0.353 e. The summed E-state index contributed by atoms with van der Waals surface area (Å²) in [4.78, 5) is 0. The van der Waals surface area contributed by atoms with E-state index in [1.165, 1.54) is 12.8 Å². The van der Waals surface area contributed by atoms with Crippen LogP contribution in [0, 0.1) is 11.8 Å². The number of rotatable bonds is 5. The van der Waals surface area contributed by atoms with Crippen molar-refractivity contribution in [2.45, 2.75) is 57.7 Å². The lowest BCUT2D eigenvalue weighted by molar-refractivity contribution is 0.343. The van der Waals surface area contributed by atoms with Crippen molar-refractivity contribution >= 4 is 0 Å². The van der Waals surface area contributed by atoms with Crippen molar-refractivity contribution in [3.05, 3.63) is 12.7 Å². The standard InChI is InChI=1S/C13H20O/c1-4-6-8-9-11-13(3)12(14-13)10-7-5-2/h5,12H,2,4,6-8,10H2,1,3H3/t12-,13+/m0/s1. The van der Waals surface area contributed by atoms with Crippen molar-refractivity contribution in [3.63, 3.8) is 0 Å². The van der Waals surface area contributed by atoms with E-state index in [1.54, 1.807) is 0 Å². The first kappa shape index (κ1) is 11.3. The minimum atomic E-state index is -0.142. The molecule has 0 spiro atoms. The molecule has 1 nitrogen and oxygen atoms in total. The first-order valence-corrected chi connectivity index (χ1v) is 5.51. The van der Waals surface area contributed by atoms with Gasteiger partial charge in [-0.15, -0.1) is 12.5 Å². The van der Waals surface area contributed by atoms with Gasteiger partial charge in [0.25, 0.3) is 0 Å². The van der Waals surface area contributed by atoms with Crippen LogP contribution in [0.15, 0.2) is 12.7 Å². The third kappa shape index (κ3) is 3.20. The van der Waals surface area contributed by atoms with Crippen LogP contribution in [0.3, 0.4) is 0 Å². The van der Waals surface area contributed by atoms with Gasteiger partial charge in [-0.3, -0.25) is 0 Å². The third-order valence-corrected chi connectivity index (χ3v) is 2.57. The molecule has 0 radical (unpaired) electrons. The van der Waals surface area contributed by atoms with E-state index in [1.807, 2.05) is 6.08 Å². The molecule has 1 heteroatoms. The molecule has 0 aromatic rings. The molecule has 2 atom stereocenters. The first-order valence-electron chi connectivity index (χ1n) is 5.51. The Balaban J connectivity index is 2.24.